The van der Waals surface area contributed by atoms with Crippen LogP contribution in [0.2, 0.25) is 5.02 Å². The van der Waals surface area contributed by atoms with E-state index in [-0.39, 0.29) is 0 Å². The maximum absolute atomic E-state index is 10.4. The number of hydrogen-bond donors (Lipinski definition) is 2. The summed E-state index contributed by atoms with van der Waals surface area (Å²) >= 11 is 6.12. The number of rotatable bonds is 3. The predicted octanol–water partition coefficient (Wildman–Crippen LogP) is 3.76. The van der Waals surface area contributed by atoms with E-state index in [0.29, 0.717) is 6.54 Å². The average Bonchev–Trinajstić information content (AvgIpc) is 2.31. The first kappa shape index (κ1) is 12.7. The van der Waals surface area contributed by atoms with Crippen LogP contribution in [-0.4, -0.2) is 17.3 Å². The molecule has 1 saturated carbocycles. The van der Waals surface area contributed by atoms with Crippen LogP contribution in [0.25, 0.3) is 0 Å². The molecule has 1 aromatic carbocycles. The normalized spacial score (nSPS) is 19.0. The molecule has 0 saturated heterocycles. The molecule has 0 spiro atoms. The molecule has 0 atom stereocenters. The SMILES string of the molecule is Cc1ccc(Cl)c(NCC2(O)CCCCC2)c1. The Labute approximate surface area is 108 Å². The summed E-state index contributed by atoms with van der Waals surface area (Å²) < 4.78 is 0. The minimum atomic E-state index is -0.550. The van der Waals surface area contributed by atoms with Crippen LogP contribution in [0, 0.1) is 6.92 Å². The summed E-state index contributed by atoms with van der Waals surface area (Å²) in [5.74, 6) is 0. The average molecular weight is 254 g/mol. The Bertz CT molecular complexity index is 386. The number of aryl methyl sites for hydroxylation is 1. The van der Waals surface area contributed by atoms with Crippen LogP contribution in [0.4, 0.5) is 5.69 Å². The molecule has 94 valence electrons. The van der Waals surface area contributed by atoms with Gasteiger partial charge in [-0.05, 0) is 37.5 Å². The molecule has 1 aliphatic rings. The zero-order valence-electron chi connectivity index (χ0n) is 10.3. The maximum atomic E-state index is 10.4. The minimum Gasteiger partial charge on any atom is -0.388 e. The second kappa shape index (κ2) is 5.28. The lowest BCUT2D eigenvalue weighted by atomic mass is 9.85. The Morgan fingerprint density at radius 3 is 2.71 bits per heavy atom. The third-order valence-corrected chi connectivity index (χ3v) is 3.84. The molecule has 0 radical (unpaired) electrons. The molecule has 1 aromatic rings. The molecule has 2 rings (SSSR count). The topological polar surface area (TPSA) is 32.3 Å². The van der Waals surface area contributed by atoms with Crippen molar-refractivity contribution < 1.29 is 5.11 Å². The van der Waals surface area contributed by atoms with E-state index in [1.807, 2.05) is 25.1 Å². The van der Waals surface area contributed by atoms with Gasteiger partial charge in [-0.2, -0.15) is 0 Å². The first-order valence-corrected chi connectivity index (χ1v) is 6.69. The number of halogens is 1. The molecule has 1 aliphatic carbocycles. The van der Waals surface area contributed by atoms with Gasteiger partial charge in [-0.15, -0.1) is 0 Å². The van der Waals surface area contributed by atoms with Crippen molar-refractivity contribution >= 4 is 17.3 Å². The van der Waals surface area contributed by atoms with Crippen LogP contribution < -0.4 is 5.32 Å². The highest BCUT2D eigenvalue weighted by atomic mass is 35.5. The fraction of sp³-hybridized carbons (Fsp3) is 0.571. The van der Waals surface area contributed by atoms with E-state index in [1.165, 1.54) is 12.0 Å². The Balaban J connectivity index is 1.99. The Morgan fingerprint density at radius 1 is 1.29 bits per heavy atom. The van der Waals surface area contributed by atoms with Crippen molar-refractivity contribution in [3.63, 3.8) is 0 Å². The van der Waals surface area contributed by atoms with Gasteiger partial charge < -0.3 is 10.4 Å². The van der Waals surface area contributed by atoms with Gasteiger partial charge in [0.05, 0.1) is 16.3 Å². The van der Waals surface area contributed by atoms with Gasteiger partial charge in [-0.3, -0.25) is 0 Å². The quantitative estimate of drug-likeness (QED) is 0.860. The van der Waals surface area contributed by atoms with Gasteiger partial charge in [0.15, 0.2) is 0 Å². The van der Waals surface area contributed by atoms with E-state index >= 15 is 0 Å². The summed E-state index contributed by atoms with van der Waals surface area (Å²) in [5, 5.41) is 14.4. The second-order valence-electron chi connectivity index (χ2n) is 5.12. The lowest BCUT2D eigenvalue weighted by Crippen LogP contribution is -2.38. The van der Waals surface area contributed by atoms with Gasteiger partial charge in [-0.1, -0.05) is 36.9 Å². The molecule has 0 heterocycles. The lowest BCUT2D eigenvalue weighted by Gasteiger charge is -2.32. The van der Waals surface area contributed by atoms with Gasteiger partial charge in [0, 0.05) is 6.54 Å². The highest BCUT2D eigenvalue weighted by Crippen LogP contribution is 2.29. The van der Waals surface area contributed by atoms with Crippen LogP contribution in [-0.2, 0) is 0 Å². The summed E-state index contributed by atoms with van der Waals surface area (Å²) in [6.07, 6.45) is 5.28. The van der Waals surface area contributed by atoms with Crippen LogP contribution in [0.1, 0.15) is 37.7 Å². The van der Waals surface area contributed by atoms with Crippen molar-refractivity contribution in [2.45, 2.75) is 44.6 Å². The summed E-state index contributed by atoms with van der Waals surface area (Å²) in [4.78, 5) is 0. The van der Waals surface area contributed by atoms with Crippen molar-refractivity contribution in [1.82, 2.24) is 0 Å². The molecule has 3 heteroatoms. The van der Waals surface area contributed by atoms with E-state index in [9.17, 15) is 5.11 Å². The van der Waals surface area contributed by atoms with E-state index in [1.54, 1.807) is 0 Å². The Hall–Kier alpha value is -0.730. The smallest absolute Gasteiger partial charge is 0.0819 e. The van der Waals surface area contributed by atoms with Crippen molar-refractivity contribution in [2.75, 3.05) is 11.9 Å². The number of benzene rings is 1. The predicted molar refractivity (Wildman–Crippen MR) is 72.7 cm³/mol. The molecule has 0 bridgehead atoms. The third-order valence-electron chi connectivity index (χ3n) is 3.51. The minimum absolute atomic E-state index is 0.550. The zero-order valence-corrected chi connectivity index (χ0v) is 11.1. The van der Waals surface area contributed by atoms with E-state index in [2.05, 4.69) is 5.32 Å². The number of anilines is 1. The first-order valence-electron chi connectivity index (χ1n) is 6.31. The molecule has 0 aliphatic heterocycles. The molecule has 0 amide bonds. The monoisotopic (exact) mass is 253 g/mol. The van der Waals surface area contributed by atoms with E-state index in [4.69, 9.17) is 11.6 Å². The zero-order chi connectivity index (χ0) is 12.3. The second-order valence-corrected chi connectivity index (χ2v) is 5.53. The lowest BCUT2D eigenvalue weighted by molar-refractivity contribution is 0.0167. The highest BCUT2D eigenvalue weighted by molar-refractivity contribution is 6.33. The highest BCUT2D eigenvalue weighted by Gasteiger charge is 2.28. The molecule has 2 N–H and O–H groups in total. The Morgan fingerprint density at radius 2 is 2.00 bits per heavy atom. The summed E-state index contributed by atoms with van der Waals surface area (Å²) in [6.45, 7) is 2.63. The first-order chi connectivity index (χ1) is 8.09. The summed E-state index contributed by atoms with van der Waals surface area (Å²) in [5.41, 5.74) is 1.55. The van der Waals surface area contributed by atoms with Gasteiger partial charge in [-0.25, -0.2) is 0 Å². The number of nitrogens with one attached hydrogen (secondary N) is 1. The number of aliphatic hydroxyl groups is 1. The van der Waals surface area contributed by atoms with Crippen molar-refractivity contribution in [3.05, 3.63) is 28.8 Å². The van der Waals surface area contributed by atoms with Gasteiger partial charge in [0.25, 0.3) is 0 Å². The maximum Gasteiger partial charge on any atom is 0.0819 e. The van der Waals surface area contributed by atoms with Crippen LogP contribution in [0.3, 0.4) is 0 Å². The van der Waals surface area contributed by atoms with Gasteiger partial charge in [0.1, 0.15) is 0 Å². The van der Waals surface area contributed by atoms with Crippen LogP contribution in [0.5, 0.6) is 0 Å². The largest absolute Gasteiger partial charge is 0.388 e. The molecule has 2 nitrogen and oxygen atoms in total. The number of hydrogen-bond acceptors (Lipinski definition) is 2. The fourth-order valence-corrected chi connectivity index (χ4v) is 2.61. The summed E-state index contributed by atoms with van der Waals surface area (Å²) in [7, 11) is 0. The fourth-order valence-electron chi connectivity index (χ4n) is 2.42. The third kappa shape index (κ3) is 3.36. The van der Waals surface area contributed by atoms with Crippen LogP contribution >= 0.6 is 11.6 Å². The van der Waals surface area contributed by atoms with Gasteiger partial charge in [0.2, 0.25) is 0 Å². The van der Waals surface area contributed by atoms with Crippen LogP contribution in [0.15, 0.2) is 18.2 Å². The molecule has 0 unspecified atom stereocenters. The van der Waals surface area contributed by atoms with Crippen molar-refractivity contribution in [2.24, 2.45) is 0 Å². The molecule has 17 heavy (non-hydrogen) atoms. The molecule has 1 fully saturated rings. The van der Waals surface area contributed by atoms with Crippen molar-refractivity contribution in [3.8, 4) is 0 Å². The molecule has 0 aromatic heterocycles. The van der Waals surface area contributed by atoms with E-state index in [0.717, 1.165) is 36.4 Å². The van der Waals surface area contributed by atoms with Crippen molar-refractivity contribution in [1.29, 1.82) is 0 Å². The molecular formula is C14H20ClNO. The van der Waals surface area contributed by atoms with E-state index < -0.39 is 5.60 Å². The van der Waals surface area contributed by atoms with Gasteiger partial charge >= 0.3 is 0 Å². The Kier molecular flexibility index (Phi) is 3.95. The molecular weight excluding hydrogens is 234 g/mol. The summed E-state index contributed by atoms with van der Waals surface area (Å²) in [6, 6.07) is 5.90. The standard InChI is InChI=1S/C14H20ClNO/c1-11-5-6-12(15)13(9-11)16-10-14(17)7-3-2-4-8-14/h5-6,9,16-17H,2-4,7-8,10H2,1H3.